The van der Waals surface area contributed by atoms with E-state index in [4.69, 9.17) is 19.2 Å². The van der Waals surface area contributed by atoms with E-state index in [0.29, 0.717) is 0 Å². The molecule has 4 nitrogen and oxygen atoms in total. The van der Waals surface area contributed by atoms with Crippen molar-refractivity contribution < 1.29 is 38.7 Å². The molecule has 0 amide bonds. The Morgan fingerprint density at radius 3 is 1.14 bits per heavy atom. The first kappa shape index (κ1) is 15.8. The first-order chi connectivity index (χ1) is 2.00. The zero-order chi connectivity index (χ0) is 4.50. The van der Waals surface area contributed by atoms with Gasteiger partial charge in [-0.25, -0.2) is 4.57 Å². The number of rotatable bonds is 0. The molecule has 0 fully saturated rings. The maximum Gasteiger partial charge on any atom is 0 e. The third-order valence-electron chi connectivity index (χ3n) is 0. The van der Waals surface area contributed by atoms with Gasteiger partial charge >= 0.3 is 31.7 Å². The van der Waals surface area contributed by atoms with Crippen LogP contribution in [-0.4, -0.2) is 38.6 Å². The van der Waals surface area contributed by atoms with Crippen molar-refractivity contribution >= 4 is 31.7 Å². The predicted octanol–water partition coefficient (Wildman–Crippen LogP) is -1.85. The summed E-state index contributed by atoms with van der Waals surface area (Å²) in [5.74, 6) is 0. The third kappa shape index (κ3) is 98.2. The average molecular weight is 284 g/mol. The summed E-state index contributed by atoms with van der Waals surface area (Å²) >= 11 is 0. The smallest absolute Gasteiger partial charge is 0 e. The van der Waals surface area contributed by atoms with E-state index >= 15 is 0 Å². The Bertz CT molecular complexity index is 57.8. The molecular formula is H5O4PSnZn. The molecule has 0 spiro atoms. The second kappa shape index (κ2) is 5.66. The van der Waals surface area contributed by atoms with Gasteiger partial charge in [0.05, 0.1) is 0 Å². The third-order valence-corrected chi connectivity index (χ3v) is 0. The topological polar surface area (TPSA) is 77.8 Å². The monoisotopic (exact) mass is 284 g/mol. The molecule has 3 N–H and O–H groups in total. The Morgan fingerprint density at radius 1 is 1.14 bits per heavy atom. The van der Waals surface area contributed by atoms with Crippen LogP contribution in [0.3, 0.4) is 0 Å². The van der Waals surface area contributed by atoms with Gasteiger partial charge in [-0.2, -0.15) is 0 Å². The molecule has 0 unspecified atom stereocenters. The van der Waals surface area contributed by atoms with Crippen molar-refractivity contribution in [1.29, 1.82) is 0 Å². The molecule has 0 aromatic rings. The summed E-state index contributed by atoms with van der Waals surface area (Å²) in [5, 5.41) is 0. The average Bonchev–Trinajstić information content (AvgIpc) is 0.722. The molecule has 7 heavy (non-hydrogen) atoms. The molecule has 0 aromatic heterocycles. The summed E-state index contributed by atoms with van der Waals surface area (Å²) in [6.45, 7) is 0. The molecule has 0 bridgehead atoms. The van der Waals surface area contributed by atoms with Crippen LogP contribution in [0.2, 0.25) is 0 Å². The van der Waals surface area contributed by atoms with Gasteiger partial charge in [0.2, 0.25) is 0 Å². The molecule has 0 aliphatic heterocycles. The first-order valence-corrected chi connectivity index (χ1v) is 2.35. The van der Waals surface area contributed by atoms with Crippen LogP contribution in [0, 0.1) is 0 Å². The van der Waals surface area contributed by atoms with Crippen molar-refractivity contribution in [2.24, 2.45) is 0 Å². The molecule has 0 aliphatic rings. The Labute approximate surface area is 70.3 Å². The zero-order valence-corrected chi connectivity index (χ0v) is 11.5. The quantitative estimate of drug-likeness (QED) is 0.360. The molecule has 0 saturated carbocycles. The number of hydrogen-bond donors (Lipinski definition) is 3. The van der Waals surface area contributed by atoms with Crippen molar-refractivity contribution in [2.45, 2.75) is 0 Å². The molecule has 0 atom stereocenters. The van der Waals surface area contributed by atoms with Crippen molar-refractivity contribution in [3.05, 3.63) is 0 Å². The molecule has 0 aromatic carbocycles. The van der Waals surface area contributed by atoms with Crippen LogP contribution in [0.25, 0.3) is 0 Å². The summed E-state index contributed by atoms with van der Waals surface area (Å²) in [4.78, 5) is 21.6. The summed E-state index contributed by atoms with van der Waals surface area (Å²) in [5.41, 5.74) is 0. The largest absolute Gasteiger partial charge is 0 e. The van der Waals surface area contributed by atoms with E-state index in [1.807, 2.05) is 0 Å². The minimum atomic E-state index is -4.64. The van der Waals surface area contributed by atoms with E-state index in [-0.39, 0.29) is 43.4 Å². The fraction of sp³-hybridized carbons (Fsp3) is 0. The van der Waals surface area contributed by atoms with Crippen LogP contribution in [-0.2, 0) is 24.0 Å². The van der Waals surface area contributed by atoms with Gasteiger partial charge in [0.1, 0.15) is 0 Å². The summed E-state index contributed by atoms with van der Waals surface area (Å²) in [7, 11) is -4.64. The van der Waals surface area contributed by atoms with E-state index < -0.39 is 7.82 Å². The minimum absolute atomic E-state index is 0. The fourth-order valence-electron chi connectivity index (χ4n) is 0. The molecule has 0 rings (SSSR count). The van der Waals surface area contributed by atoms with Crippen LogP contribution in [0.4, 0.5) is 0 Å². The van der Waals surface area contributed by atoms with Crippen LogP contribution >= 0.6 is 7.82 Å². The van der Waals surface area contributed by atoms with Crippen molar-refractivity contribution in [2.75, 3.05) is 0 Å². The molecule has 40 valence electrons. The maximum atomic E-state index is 8.88. The van der Waals surface area contributed by atoms with Crippen molar-refractivity contribution in [1.82, 2.24) is 0 Å². The van der Waals surface area contributed by atoms with Gasteiger partial charge in [-0.15, -0.1) is 0 Å². The van der Waals surface area contributed by atoms with Gasteiger partial charge in [-0.1, -0.05) is 0 Å². The van der Waals surface area contributed by atoms with E-state index in [2.05, 4.69) is 0 Å². The fourth-order valence-corrected chi connectivity index (χ4v) is 0. The molecular weight excluding hydrogens is 279 g/mol. The van der Waals surface area contributed by atoms with Gasteiger partial charge in [0.15, 0.2) is 0 Å². The predicted molar refractivity (Wildman–Crippen MR) is 22.8 cm³/mol. The Kier molecular flexibility index (Phi) is 12.8. The van der Waals surface area contributed by atoms with E-state index in [9.17, 15) is 0 Å². The normalized spacial score (nSPS) is 8.43. The van der Waals surface area contributed by atoms with Crippen LogP contribution in [0.15, 0.2) is 0 Å². The van der Waals surface area contributed by atoms with Crippen molar-refractivity contribution in [3.8, 4) is 0 Å². The molecule has 2 radical (unpaired) electrons. The van der Waals surface area contributed by atoms with E-state index in [1.54, 1.807) is 0 Å². The zero-order valence-electron chi connectivity index (χ0n) is 3.61. The number of phosphoric acid groups is 1. The summed E-state index contributed by atoms with van der Waals surface area (Å²) < 4.78 is 8.88. The van der Waals surface area contributed by atoms with Crippen LogP contribution < -0.4 is 0 Å². The molecule has 0 saturated heterocycles. The van der Waals surface area contributed by atoms with Gasteiger partial charge < -0.3 is 14.7 Å². The van der Waals surface area contributed by atoms with Gasteiger partial charge in [0.25, 0.3) is 0 Å². The standard InChI is InChI=1S/H3O4P.Sn.Zn.2H/c1-5(2,3)4;;;;/h(H3,1,2,3,4);;;;. The maximum absolute atomic E-state index is 8.88. The van der Waals surface area contributed by atoms with Crippen molar-refractivity contribution in [3.63, 3.8) is 0 Å². The second-order valence-corrected chi connectivity index (χ2v) is 1.54. The SMILES string of the molecule is O=P(O)(O)O.[SnH2].[Zn]. The second-order valence-electron chi connectivity index (χ2n) is 0.513. The Balaban J connectivity index is -0.0000000800. The van der Waals surface area contributed by atoms with E-state index in [1.165, 1.54) is 0 Å². The Hall–Kier alpha value is 1.53. The molecule has 0 heterocycles. The van der Waals surface area contributed by atoms with E-state index in [0.717, 1.165) is 0 Å². The van der Waals surface area contributed by atoms with Gasteiger partial charge in [0, 0.05) is 19.5 Å². The Morgan fingerprint density at radius 2 is 1.14 bits per heavy atom. The van der Waals surface area contributed by atoms with Gasteiger partial charge in [-0.05, 0) is 0 Å². The first-order valence-electron chi connectivity index (χ1n) is 0.783. The minimum Gasteiger partial charge on any atom is 0 e. The summed E-state index contributed by atoms with van der Waals surface area (Å²) in [6, 6.07) is 0. The van der Waals surface area contributed by atoms with Crippen LogP contribution in [0.1, 0.15) is 0 Å². The molecule has 0 aliphatic carbocycles. The number of hydrogen-bond acceptors (Lipinski definition) is 1. The van der Waals surface area contributed by atoms with Gasteiger partial charge in [-0.3, -0.25) is 0 Å². The summed E-state index contributed by atoms with van der Waals surface area (Å²) in [6.07, 6.45) is 0. The molecule has 7 heteroatoms. The van der Waals surface area contributed by atoms with Crippen LogP contribution in [0.5, 0.6) is 0 Å².